The van der Waals surface area contributed by atoms with Crippen LogP contribution >= 0.6 is 0 Å². The number of hydrogen-bond acceptors (Lipinski definition) is 5. The second kappa shape index (κ2) is 10.4. The van der Waals surface area contributed by atoms with E-state index in [1.165, 1.54) is 5.57 Å². The molecule has 1 atom stereocenters. The summed E-state index contributed by atoms with van der Waals surface area (Å²) in [5, 5.41) is 0. The maximum Gasteiger partial charge on any atom is 0.343 e. The minimum Gasteiger partial charge on any atom is -0.494 e. The van der Waals surface area contributed by atoms with Gasteiger partial charge in [-0.25, -0.2) is 9.59 Å². The molecule has 0 saturated heterocycles. The Balaban J connectivity index is 1.74. The minimum atomic E-state index is -0.414. The number of hydrogen-bond donors (Lipinski definition) is 0. The molecule has 2 rings (SSSR count). The van der Waals surface area contributed by atoms with Gasteiger partial charge in [-0.3, -0.25) is 0 Å². The number of benzene rings is 1. The number of ether oxygens (including phenoxy) is 3. The molecule has 0 N–H and O–H groups in total. The molecule has 0 aliphatic heterocycles. The van der Waals surface area contributed by atoms with Crippen LogP contribution in [0.2, 0.25) is 0 Å². The molecule has 0 saturated carbocycles. The van der Waals surface area contributed by atoms with E-state index in [1.54, 1.807) is 24.3 Å². The van der Waals surface area contributed by atoms with E-state index in [2.05, 4.69) is 13.5 Å². The molecule has 1 aliphatic rings. The zero-order chi connectivity index (χ0) is 19.6. The number of rotatable bonds is 9. The number of allylic oxidation sites excluding steroid dienone is 3. The van der Waals surface area contributed by atoms with Gasteiger partial charge in [-0.15, -0.1) is 0 Å². The molecule has 5 heteroatoms. The van der Waals surface area contributed by atoms with Gasteiger partial charge >= 0.3 is 11.9 Å². The van der Waals surface area contributed by atoms with Crippen LogP contribution in [0.1, 0.15) is 43.5 Å². The van der Waals surface area contributed by atoms with Gasteiger partial charge in [0, 0.05) is 6.08 Å². The molecule has 1 aliphatic carbocycles. The second-order valence-electron chi connectivity index (χ2n) is 6.47. The monoisotopic (exact) mass is 370 g/mol. The van der Waals surface area contributed by atoms with E-state index in [4.69, 9.17) is 14.2 Å². The van der Waals surface area contributed by atoms with Crippen LogP contribution in [-0.4, -0.2) is 25.2 Å². The van der Waals surface area contributed by atoms with Crippen LogP contribution in [0, 0.1) is 5.92 Å². The molecule has 5 nitrogen and oxygen atoms in total. The van der Waals surface area contributed by atoms with Gasteiger partial charge in [-0.2, -0.15) is 0 Å². The topological polar surface area (TPSA) is 61.8 Å². The zero-order valence-corrected chi connectivity index (χ0v) is 15.9. The third-order valence-corrected chi connectivity index (χ3v) is 4.34. The lowest BCUT2D eigenvalue weighted by Gasteiger charge is -2.17. The Morgan fingerprint density at radius 2 is 1.89 bits per heavy atom. The Morgan fingerprint density at radius 1 is 1.19 bits per heavy atom. The lowest BCUT2D eigenvalue weighted by Crippen LogP contribution is -2.08. The summed E-state index contributed by atoms with van der Waals surface area (Å²) < 4.78 is 16.0. The van der Waals surface area contributed by atoms with Gasteiger partial charge in [0.1, 0.15) is 11.5 Å². The van der Waals surface area contributed by atoms with Crippen LogP contribution in [-0.2, 0) is 14.3 Å². The first kappa shape index (κ1) is 20.5. The molecule has 0 bridgehead atoms. The predicted octanol–water partition coefficient (Wildman–Crippen LogP) is 4.60. The van der Waals surface area contributed by atoms with E-state index >= 15 is 0 Å². The SMILES string of the molecule is C=CC(=O)OCCCCOc1ccc(C(=O)OC2=CCC(C)C(C)=C2)cc1. The van der Waals surface area contributed by atoms with Crippen molar-refractivity contribution in [3.63, 3.8) is 0 Å². The van der Waals surface area contributed by atoms with Crippen LogP contribution in [0.4, 0.5) is 0 Å². The number of unbranched alkanes of at least 4 members (excludes halogenated alkanes) is 1. The number of carbonyl (C=O) groups is 2. The van der Waals surface area contributed by atoms with Crippen molar-refractivity contribution in [3.8, 4) is 5.75 Å². The van der Waals surface area contributed by atoms with Crippen molar-refractivity contribution in [1.29, 1.82) is 0 Å². The highest BCUT2D eigenvalue weighted by atomic mass is 16.5. The smallest absolute Gasteiger partial charge is 0.343 e. The third kappa shape index (κ3) is 6.77. The highest BCUT2D eigenvalue weighted by molar-refractivity contribution is 5.90. The first-order valence-electron chi connectivity index (χ1n) is 9.12. The molecule has 144 valence electrons. The van der Waals surface area contributed by atoms with Crippen molar-refractivity contribution in [3.05, 3.63) is 66.0 Å². The summed E-state index contributed by atoms with van der Waals surface area (Å²) >= 11 is 0. The molecule has 1 unspecified atom stereocenters. The fourth-order valence-corrected chi connectivity index (χ4v) is 2.45. The van der Waals surface area contributed by atoms with Crippen molar-refractivity contribution >= 4 is 11.9 Å². The number of carbonyl (C=O) groups excluding carboxylic acids is 2. The van der Waals surface area contributed by atoms with Gasteiger partial charge in [0.2, 0.25) is 0 Å². The van der Waals surface area contributed by atoms with E-state index in [0.29, 0.717) is 42.6 Å². The molecule has 0 radical (unpaired) electrons. The first-order valence-corrected chi connectivity index (χ1v) is 9.12. The summed E-state index contributed by atoms with van der Waals surface area (Å²) in [6, 6.07) is 6.86. The standard InChI is InChI=1S/C22H26O5/c1-4-21(23)26-14-6-5-13-25-19-11-8-18(9-12-19)22(24)27-20-10-7-16(2)17(3)15-20/h4,8-12,15-16H,1,5-7,13-14H2,2-3H3. The maximum absolute atomic E-state index is 12.2. The predicted molar refractivity (Wildman–Crippen MR) is 103 cm³/mol. The molecule has 0 amide bonds. The van der Waals surface area contributed by atoms with Crippen molar-refractivity contribution in [2.24, 2.45) is 5.92 Å². The number of esters is 2. The van der Waals surface area contributed by atoms with Crippen molar-refractivity contribution in [2.75, 3.05) is 13.2 Å². The van der Waals surface area contributed by atoms with E-state index in [0.717, 1.165) is 18.9 Å². The molecule has 0 spiro atoms. The van der Waals surface area contributed by atoms with E-state index in [-0.39, 0.29) is 5.97 Å². The molecular weight excluding hydrogens is 344 g/mol. The van der Waals surface area contributed by atoms with Crippen LogP contribution in [0.15, 0.2) is 60.4 Å². The Hall–Kier alpha value is -2.82. The summed E-state index contributed by atoms with van der Waals surface area (Å²) in [5.41, 5.74) is 1.69. The summed E-state index contributed by atoms with van der Waals surface area (Å²) in [6.07, 6.45) is 7.35. The van der Waals surface area contributed by atoms with E-state index in [1.807, 2.05) is 19.1 Å². The Bertz CT molecular complexity index is 728. The summed E-state index contributed by atoms with van der Waals surface area (Å²) in [4.78, 5) is 23.1. The highest BCUT2D eigenvalue weighted by Gasteiger charge is 2.14. The summed E-state index contributed by atoms with van der Waals surface area (Å²) in [6.45, 7) is 8.38. The van der Waals surface area contributed by atoms with Crippen molar-refractivity contribution in [1.82, 2.24) is 0 Å². The van der Waals surface area contributed by atoms with Crippen LogP contribution < -0.4 is 4.74 Å². The molecule has 0 heterocycles. The molecule has 1 aromatic rings. The quantitative estimate of drug-likeness (QED) is 0.361. The molecule has 0 aromatic heterocycles. The molecule has 27 heavy (non-hydrogen) atoms. The fourth-order valence-electron chi connectivity index (χ4n) is 2.45. The third-order valence-electron chi connectivity index (χ3n) is 4.34. The first-order chi connectivity index (χ1) is 13.0. The lowest BCUT2D eigenvalue weighted by atomic mass is 9.94. The summed E-state index contributed by atoms with van der Waals surface area (Å²) in [7, 11) is 0. The van der Waals surface area contributed by atoms with E-state index < -0.39 is 5.97 Å². The Kier molecular flexibility index (Phi) is 7.86. The Morgan fingerprint density at radius 3 is 2.56 bits per heavy atom. The largest absolute Gasteiger partial charge is 0.494 e. The minimum absolute atomic E-state index is 0.349. The zero-order valence-electron chi connectivity index (χ0n) is 15.9. The maximum atomic E-state index is 12.2. The molecule has 1 aromatic carbocycles. The molecule has 0 fully saturated rings. The lowest BCUT2D eigenvalue weighted by molar-refractivity contribution is -0.137. The van der Waals surface area contributed by atoms with E-state index in [9.17, 15) is 9.59 Å². The normalized spacial score (nSPS) is 16.0. The highest BCUT2D eigenvalue weighted by Crippen LogP contribution is 2.24. The summed E-state index contributed by atoms with van der Waals surface area (Å²) in [5.74, 6) is 0.972. The van der Waals surface area contributed by atoms with Crippen LogP contribution in [0.3, 0.4) is 0 Å². The van der Waals surface area contributed by atoms with Crippen molar-refractivity contribution in [2.45, 2.75) is 33.1 Å². The van der Waals surface area contributed by atoms with Crippen LogP contribution in [0.25, 0.3) is 0 Å². The van der Waals surface area contributed by atoms with Gasteiger partial charge in [-0.05, 0) is 68.5 Å². The van der Waals surface area contributed by atoms with Crippen molar-refractivity contribution < 1.29 is 23.8 Å². The van der Waals surface area contributed by atoms with Gasteiger partial charge < -0.3 is 14.2 Å². The molecular formula is C22H26O5. The van der Waals surface area contributed by atoms with Gasteiger partial charge in [0.25, 0.3) is 0 Å². The van der Waals surface area contributed by atoms with Gasteiger partial charge in [0.15, 0.2) is 0 Å². The van der Waals surface area contributed by atoms with Gasteiger partial charge in [0.05, 0.1) is 18.8 Å². The second-order valence-corrected chi connectivity index (χ2v) is 6.47. The average Bonchev–Trinajstić information content (AvgIpc) is 2.67. The van der Waals surface area contributed by atoms with Crippen LogP contribution in [0.5, 0.6) is 5.75 Å². The fraction of sp³-hybridized carbons (Fsp3) is 0.364. The average molecular weight is 370 g/mol. The Labute approximate surface area is 160 Å². The van der Waals surface area contributed by atoms with Gasteiger partial charge in [-0.1, -0.05) is 19.1 Å².